The number of amides is 1. The molecule has 0 fully saturated rings. The zero-order valence-corrected chi connectivity index (χ0v) is 14.9. The second kappa shape index (κ2) is 6.69. The Morgan fingerprint density at radius 3 is 2.85 bits per heavy atom. The van der Waals surface area contributed by atoms with Crippen LogP contribution in [0.1, 0.15) is 5.56 Å². The van der Waals surface area contributed by atoms with Gasteiger partial charge in [-0.15, -0.1) is 0 Å². The van der Waals surface area contributed by atoms with Crippen molar-refractivity contribution in [2.24, 2.45) is 12.0 Å². The van der Waals surface area contributed by atoms with Crippen molar-refractivity contribution in [1.29, 1.82) is 0 Å². The number of nitro groups is 1. The largest absolute Gasteiger partial charge is 0.454 e. The number of aryl methyl sites for hydroxylation is 1. The molecule has 0 radical (unpaired) electrons. The van der Waals surface area contributed by atoms with E-state index >= 15 is 0 Å². The van der Waals surface area contributed by atoms with Gasteiger partial charge < -0.3 is 14.0 Å². The highest BCUT2D eigenvalue weighted by atomic mass is 32.1. The summed E-state index contributed by atoms with van der Waals surface area (Å²) in [4.78, 5) is 27.2. The molecule has 8 nitrogen and oxygen atoms in total. The molecule has 136 valence electrons. The van der Waals surface area contributed by atoms with Crippen LogP contribution in [0.15, 0.2) is 47.5 Å². The molecule has 3 aromatic rings. The number of rotatable bonds is 3. The van der Waals surface area contributed by atoms with E-state index in [4.69, 9.17) is 9.47 Å². The predicted octanol–water partition coefficient (Wildman–Crippen LogP) is 3.02. The number of nitrogens with zero attached hydrogens (tertiary/aromatic N) is 3. The van der Waals surface area contributed by atoms with Crippen molar-refractivity contribution in [2.45, 2.75) is 0 Å². The summed E-state index contributed by atoms with van der Waals surface area (Å²) in [7, 11) is 1.82. The van der Waals surface area contributed by atoms with Crippen LogP contribution in [-0.4, -0.2) is 22.2 Å². The Hall–Kier alpha value is -3.46. The minimum absolute atomic E-state index is 0.0325. The third-order valence-electron chi connectivity index (χ3n) is 4.01. The summed E-state index contributed by atoms with van der Waals surface area (Å²) in [5.74, 6) is 0.885. The second-order valence-corrected chi connectivity index (χ2v) is 6.76. The lowest BCUT2D eigenvalue weighted by molar-refractivity contribution is -0.384. The van der Waals surface area contributed by atoms with E-state index in [0.29, 0.717) is 21.9 Å². The fourth-order valence-corrected chi connectivity index (χ4v) is 3.70. The Bertz CT molecular complexity index is 1180. The Labute approximate surface area is 156 Å². The number of ether oxygens (including phenoxy) is 2. The van der Waals surface area contributed by atoms with Gasteiger partial charge >= 0.3 is 0 Å². The maximum Gasteiger partial charge on any atom is 0.272 e. The number of hydrogen-bond donors (Lipinski definition) is 0. The molecule has 0 bridgehead atoms. The molecule has 0 aliphatic carbocycles. The maximum absolute atomic E-state index is 12.2. The Morgan fingerprint density at radius 1 is 1.30 bits per heavy atom. The van der Waals surface area contributed by atoms with Gasteiger partial charge in [0.15, 0.2) is 16.3 Å². The van der Waals surface area contributed by atoms with Crippen LogP contribution in [0.5, 0.6) is 11.5 Å². The second-order valence-electron chi connectivity index (χ2n) is 5.75. The molecule has 2 heterocycles. The SMILES string of the molecule is Cn1c(=NC(=O)C=Cc2cccc([N+](=O)[O-])c2)sc2cc3c(cc21)OCO3. The van der Waals surface area contributed by atoms with Crippen molar-refractivity contribution in [3.05, 3.63) is 63.0 Å². The molecule has 1 aliphatic heterocycles. The topological polar surface area (TPSA) is 96.0 Å². The average molecular weight is 383 g/mol. The normalized spacial score (nSPS) is 13.6. The van der Waals surface area contributed by atoms with Crippen molar-refractivity contribution in [2.75, 3.05) is 6.79 Å². The Kier molecular flexibility index (Phi) is 4.21. The number of hydrogen-bond acceptors (Lipinski definition) is 6. The zero-order chi connectivity index (χ0) is 19.0. The van der Waals surface area contributed by atoms with Gasteiger partial charge in [0.05, 0.1) is 15.1 Å². The fraction of sp³-hybridized carbons (Fsp3) is 0.111. The third-order valence-corrected chi connectivity index (χ3v) is 5.10. The van der Waals surface area contributed by atoms with Crippen LogP contribution < -0.4 is 14.3 Å². The van der Waals surface area contributed by atoms with E-state index in [1.165, 1.54) is 35.6 Å². The predicted molar refractivity (Wildman–Crippen MR) is 99.6 cm³/mol. The van der Waals surface area contributed by atoms with Crippen molar-refractivity contribution in [1.82, 2.24) is 4.57 Å². The quantitative estimate of drug-likeness (QED) is 0.393. The maximum atomic E-state index is 12.2. The molecule has 9 heteroatoms. The van der Waals surface area contributed by atoms with Crippen LogP contribution in [-0.2, 0) is 11.8 Å². The van der Waals surface area contributed by atoms with E-state index in [-0.39, 0.29) is 12.5 Å². The standard InChI is InChI=1S/C18H13N3O5S/c1-20-13-8-14-15(26-10-25-14)9-16(13)27-18(20)19-17(22)6-5-11-3-2-4-12(7-11)21(23)24/h2-9H,10H2,1H3. The number of non-ortho nitro benzene ring substituents is 1. The first-order valence-electron chi connectivity index (χ1n) is 7.92. The highest BCUT2D eigenvalue weighted by Crippen LogP contribution is 2.36. The van der Waals surface area contributed by atoms with Crippen LogP contribution in [0, 0.1) is 10.1 Å². The highest BCUT2D eigenvalue weighted by Gasteiger charge is 2.16. The minimum Gasteiger partial charge on any atom is -0.454 e. The van der Waals surface area contributed by atoms with E-state index in [9.17, 15) is 14.9 Å². The van der Waals surface area contributed by atoms with Crippen molar-refractivity contribution < 1.29 is 19.2 Å². The number of thiazole rings is 1. The summed E-state index contributed by atoms with van der Waals surface area (Å²) < 4.78 is 13.5. The van der Waals surface area contributed by atoms with E-state index in [0.717, 1.165) is 10.2 Å². The molecule has 27 heavy (non-hydrogen) atoms. The summed E-state index contributed by atoms with van der Waals surface area (Å²) >= 11 is 1.36. The van der Waals surface area contributed by atoms with Crippen LogP contribution in [0.25, 0.3) is 16.3 Å². The Balaban J connectivity index is 1.63. The minimum atomic E-state index is -0.481. The van der Waals surface area contributed by atoms with Gasteiger partial charge in [-0.2, -0.15) is 4.99 Å². The van der Waals surface area contributed by atoms with Gasteiger partial charge in [-0.1, -0.05) is 23.5 Å². The molecular formula is C18H13N3O5S. The molecule has 0 saturated heterocycles. The van der Waals surface area contributed by atoms with Gasteiger partial charge in [0.25, 0.3) is 11.6 Å². The van der Waals surface area contributed by atoms with Crippen LogP contribution in [0.3, 0.4) is 0 Å². The number of benzene rings is 2. The molecule has 4 rings (SSSR count). The summed E-state index contributed by atoms with van der Waals surface area (Å²) in [5, 5.41) is 10.8. The molecule has 1 aliphatic rings. The monoisotopic (exact) mass is 383 g/mol. The molecular weight excluding hydrogens is 370 g/mol. The molecule has 2 aromatic carbocycles. The lowest BCUT2D eigenvalue weighted by Crippen LogP contribution is -2.12. The number of nitro benzene ring substituents is 1. The van der Waals surface area contributed by atoms with Crippen LogP contribution in [0.4, 0.5) is 5.69 Å². The van der Waals surface area contributed by atoms with E-state index in [1.807, 2.05) is 19.2 Å². The van der Waals surface area contributed by atoms with Gasteiger partial charge in [0.1, 0.15) is 0 Å². The van der Waals surface area contributed by atoms with Crippen LogP contribution in [0.2, 0.25) is 0 Å². The molecule has 1 aromatic heterocycles. The third kappa shape index (κ3) is 3.32. The smallest absolute Gasteiger partial charge is 0.272 e. The number of carbonyl (C=O) groups is 1. The van der Waals surface area contributed by atoms with E-state index in [2.05, 4.69) is 4.99 Å². The van der Waals surface area contributed by atoms with Gasteiger partial charge in [-0.3, -0.25) is 14.9 Å². The summed E-state index contributed by atoms with van der Waals surface area (Å²) in [6, 6.07) is 9.75. The number of carbonyl (C=O) groups excluding carboxylic acids is 1. The molecule has 0 saturated carbocycles. The van der Waals surface area contributed by atoms with Gasteiger partial charge in [0.2, 0.25) is 6.79 Å². The number of aromatic nitrogens is 1. The van der Waals surface area contributed by atoms with Gasteiger partial charge in [-0.25, -0.2) is 0 Å². The molecule has 0 N–H and O–H groups in total. The zero-order valence-electron chi connectivity index (χ0n) is 14.1. The lowest BCUT2D eigenvalue weighted by atomic mass is 10.2. The highest BCUT2D eigenvalue weighted by molar-refractivity contribution is 7.16. The summed E-state index contributed by atoms with van der Waals surface area (Å²) in [5.41, 5.74) is 1.41. The Morgan fingerprint density at radius 2 is 2.07 bits per heavy atom. The van der Waals surface area contributed by atoms with Crippen molar-refractivity contribution >= 4 is 39.2 Å². The average Bonchev–Trinajstić information content (AvgIpc) is 3.23. The van der Waals surface area contributed by atoms with Crippen molar-refractivity contribution in [3.8, 4) is 11.5 Å². The van der Waals surface area contributed by atoms with Gasteiger partial charge in [-0.05, 0) is 11.6 Å². The molecule has 0 atom stereocenters. The first kappa shape index (κ1) is 17.0. The lowest BCUT2D eigenvalue weighted by Gasteiger charge is -1.98. The summed E-state index contributed by atoms with van der Waals surface area (Å²) in [6.07, 6.45) is 2.79. The van der Waals surface area contributed by atoms with Crippen LogP contribution >= 0.6 is 11.3 Å². The molecule has 0 spiro atoms. The fourth-order valence-electron chi connectivity index (χ4n) is 2.67. The molecule has 1 amide bonds. The van der Waals surface area contributed by atoms with Crippen molar-refractivity contribution in [3.63, 3.8) is 0 Å². The molecule has 0 unspecified atom stereocenters. The van der Waals surface area contributed by atoms with E-state index < -0.39 is 10.8 Å². The number of fused-ring (bicyclic) bond motifs is 2. The first-order chi connectivity index (χ1) is 13.0. The van der Waals surface area contributed by atoms with E-state index in [1.54, 1.807) is 16.7 Å². The van der Waals surface area contributed by atoms with Gasteiger partial charge in [0, 0.05) is 37.4 Å². The first-order valence-corrected chi connectivity index (χ1v) is 8.73. The summed E-state index contributed by atoms with van der Waals surface area (Å²) in [6.45, 7) is 0.203.